The fourth-order valence-electron chi connectivity index (χ4n) is 4.65. The molecule has 1 spiro atoms. The number of benzene rings is 2. The van der Waals surface area contributed by atoms with E-state index in [1.165, 1.54) is 0 Å². The van der Waals surface area contributed by atoms with Gasteiger partial charge in [0, 0.05) is 0 Å². The van der Waals surface area contributed by atoms with Gasteiger partial charge in [-0.2, -0.15) is 0 Å². The monoisotopic (exact) mass is 421 g/mol. The van der Waals surface area contributed by atoms with E-state index >= 15 is 0 Å². The maximum Gasteiger partial charge on any atom is 0.325 e. The molecule has 1 aliphatic carbocycles. The summed E-state index contributed by atoms with van der Waals surface area (Å²) in [6, 6.07) is 12.3. The lowest BCUT2D eigenvalue weighted by Crippen LogP contribution is -2.47. The third-order valence-corrected chi connectivity index (χ3v) is 6.23. The average Bonchev–Trinajstić information content (AvgIpc) is 3.32. The molecule has 2 aromatic carbocycles. The van der Waals surface area contributed by atoms with Crippen molar-refractivity contribution in [3.8, 4) is 11.5 Å². The maximum atomic E-state index is 13.3. The number of rotatable bonds is 4. The summed E-state index contributed by atoms with van der Waals surface area (Å²) < 4.78 is 10.7. The lowest BCUT2D eigenvalue weighted by Gasteiger charge is -2.33. The Morgan fingerprint density at radius 2 is 2.00 bits per heavy atom. The molecule has 2 heterocycles. The molecule has 8 nitrogen and oxygen atoms in total. The fraction of sp³-hybridized carbons (Fsp3) is 0.348. The molecular weight excluding hydrogens is 398 g/mol. The molecule has 2 aromatic rings. The van der Waals surface area contributed by atoms with Crippen LogP contribution in [-0.2, 0) is 21.5 Å². The second kappa shape index (κ2) is 7.30. The summed E-state index contributed by atoms with van der Waals surface area (Å²) in [6.07, 6.45) is 2.19. The number of carbonyl (C=O) groups is 3. The van der Waals surface area contributed by atoms with Crippen molar-refractivity contribution in [3.05, 3.63) is 59.2 Å². The summed E-state index contributed by atoms with van der Waals surface area (Å²) in [6.45, 7) is 1.68. The SMILES string of the molecule is C[C@@H](NC(=O)CN1C(=O)N[C@]2(CCCc3ccccc32)C1=O)c1ccc2c(c1)OCO2. The van der Waals surface area contributed by atoms with Gasteiger partial charge in [-0.15, -0.1) is 0 Å². The van der Waals surface area contributed by atoms with E-state index in [9.17, 15) is 14.4 Å². The van der Waals surface area contributed by atoms with Crippen molar-refractivity contribution in [2.45, 2.75) is 37.8 Å². The number of imide groups is 1. The highest BCUT2D eigenvalue weighted by Gasteiger charge is 2.54. The molecule has 0 unspecified atom stereocenters. The third-order valence-electron chi connectivity index (χ3n) is 6.23. The number of hydrogen-bond donors (Lipinski definition) is 2. The Balaban J connectivity index is 1.30. The van der Waals surface area contributed by atoms with Crippen LogP contribution in [-0.4, -0.2) is 36.1 Å². The van der Waals surface area contributed by atoms with E-state index in [4.69, 9.17) is 9.47 Å². The molecule has 8 heteroatoms. The third kappa shape index (κ3) is 3.19. The van der Waals surface area contributed by atoms with Gasteiger partial charge >= 0.3 is 6.03 Å². The molecule has 4 amide bonds. The van der Waals surface area contributed by atoms with Crippen LogP contribution >= 0.6 is 0 Å². The van der Waals surface area contributed by atoms with Gasteiger partial charge in [-0.1, -0.05) is 30.3 Å². The molecule has 2 atom stereocenters. The number of urea groups is 1. The largest absolute Gasteiger partial charge is 0.454 e. The van der Waals surface area contributed by atoms with Gasteiger partial charge in [0.15, 0.2) is 11.5 Å². The zero-order chi connectivity index (χ0) is 21.6. The van der Waals surface area contributed by atoms with Crippen LogP contribution in [0, 0.1) is 0 Å². The Bertz CT molecular complexity index is 1080. The number of aryl methyl sites for hydroxylation is 1. The lowest BCUT2D eigenvalue weighted by molar-refractivity contribution is -0.135. The Labute approximate surface area is 179 Å². The molecule has 0 aromatic heterocycles. The molecule has 1 saturated heterocycles. The van der Waals surface area contributed by atoms with Crippen LogP contribution in [0.1, 0.15) is 42.5 Å². The predicted octanol–water partition coefficient (Wildman–Crippen LogP) is 2.38. The first-order valence-corrected chi connectivity index (χ1v) is 10.4. The number of hydrogen-bond acceptors (Lipinski definition) is 5. The first-order chi connectivity index (χ1) is 15.0. The van der Waals surface area contributed by atoms with Crippen molar-refractivity contribution in [3.63, 3.8) is 0 Å². The molecule has 0 saturated carbocycles. The topological polar surface area (TPSA) is 97.0 Å². The molecule has 31 heavy (non-hydrogen) atoms. The highest BCUT2D eigenvalue weighted by molar-refractivity contribution is 6.09. The van der Waals surface area contributed by atoms with Crippen molar-refractivity contribution >= 4 is 17.8 Å². The van der Waals surface area contributed by atoms with Crippen molar-refractivity contribution in [2.75, 3.05) is 13.3 Å². The standard InChI is InChI=1S/C23H23N3O5/c1-14(16-8-9-18-19(11-16)31-13-30-18)24-20(27)12-26-21(28)23(25-22(26)29)10-4-6-15-5-2-3-7-17(15)23/h2-3,5,7-9,11,14H,4,6,10,12-13H2,1H3,(H,24,27)(H,25,29)/t14-,23+/m1/s1. The highest BCUT2D eigenvalue weighted by Crippen LogP contribution is 2.40. The molecule has 5 rings (SSSR count). The Kier molecular flexibility index (Phi) is 4.57. The average molecular weight is 421 g/mol. The second-order valence-electron chi connectivity index (χ2n) is 8.14. The minimum atomic E-state index is -1.07. The van der Waals surface area contributed by atoms with E-state index < -0.39 is 17.5 Å². The van der Waals surface area contributed by atoms with Gasteiger partial charge in [0.2, 0.25) is 12.7 Å². The van der Waals surface area contributed by atoms with Gasteiger partial charge in [0.25, 0.3) is 5.91 Å². The van der Waals surface area contributed by atoms with Crippen molar-refractivity contribution in [2.24, 2.45) is 0 Å². The number of nitrogens with one attached hydrogen (secondary N) is 2. The summed E-state index contributed by atoms with van der Waals surface area (Å²) in [5, 5.41) is 5.73. The second-order valence-corrected chi connectivity index (χ2v) is 8.14. The quantitative estimate of drug-likeness (QED) is 0.739. The molecule has 3 aliphatic rings. The summed E-state index contributed by atoms with van der Waals surface area (Å²) in [5.74, 6) is 0.524. The predicted molar refractivity (Wildman–Crippen MR) is 110 cm³/mol. The van der Waals surface area contributed by atoms with Crippen molar-refractivity contribution < 1.29 is 23.9 Å². The number of amides is 4. The number of nitrogens with zero attached hydrogens (tertiary/aromatic N) is 1. The first kappa shape index (κ1) is 19.4. The van der Waals surface area contributed by atoms with Gasteiger partial charge in [0.05, 0.1) is 6.04 Å². The van der Waals surface area contributed by atoms with Crippen molar-refractivity contribution in [1.82, 2.24) is 15.5 Å². The number of fused-ring (bicyclic) bond motifs is 3. The smallest absolute Gasteiger partial charge is 0.325 e. The van der Waals surface area contributed by atoms with Crippen LogP contribution in [0.3, 0.4) is 0 Å². The molecule has 0 bridgehead atoms. The summed E-state index contributed by atoms with van der Waals surface area (Å²) in [7, 11) is 0. The van der Waals surface area contributed by atoms with Crippen LogP contribution < -0.4 is 20.1 Å². The zero-order valence-corrected chi connectivity index (χ0v) is 17.1. The van der Waals surface area contributed by atoms with E-state index in [1.807, 2.05) is 43.3 Å². The normalized spacial score (nSPS) is 22.3. The lowest BCUT2D eigenvalue weighted by atomic mass is 9.76. The maximum absolute atomic E-state index is 13.3. The summed E-state index contributed by atoms with van der Waals surface area (Å²) in [5.41, 5.74) is 1.66. The van der Waals surface area contributed by atoms with Crippen LogP contribution in [0.15, 0.2) is 42.5 Å². The van der Waals surface area contributed by atoms with Gasteiger partial charge in [-0.3, -0.25) is 14.5 Å². The summed E-state index contributed by atoms with van der Waals surface area (Å²) >= 11 is 0. The molecule has 0 radical (unpaired) electrons. The molecule has 1 fully saturated rings. The molecular formula is C23H23N3O5. The highest BCUT2D eigenvalue weighted by atomic mass is 16.7. The minimum absolute atomic E-state index is 0.177. The minimum Gasteiger partial charge on any atom is -0.454 e. The molecule has 160 valence electrons. The first-order valence-electron chi connectivity index (χ1n) is 10.4. The molecule has 2 N–H and O–H groups in total. The Morgan fingerprint density at radius 3 is 2.87 bits per heavy atom. The van der Waals surface area contributed by atoms with E-state index in [0.29, 0.717) is 17.9 Å². The van der Waals surface area contributed by atoms with Gasteiger partial charge in [0.1, 0.15) is 12.1 Å². The van der Waals surface area contributed by atoms with Gasteiger partial charge in [-0.05, 0) is 55.0 Å². The van der Waals surface area contributed by atoms with Crippen LogP contribution in [0.2, 0.25) is 0 Å². The fourth-order valence-corrected chi connectivity index (χ4v) is 4.65. The van der Waals surface area contributed by atoms with Gasteiger partial charge in [-0.25, -0.2) is 4.79 Å². The Morgan fingerprint density at radius 1 is 1.19 bits per heavy atom. The number of ether oxygens (including phenoxy) is 2. The van der Waals surface area contributed by atoms with E-state index in [2.05, 4.69) is 10.6 Å². The zero-order valence-electron chi connectivity index (χ0n) is 17.1. The van der Waals surface area contributed by atoms with Crippen LogP contribution in [0.4, 0.5) is 4.79 Å². The summed E-state index contributed by atoms with van der Waals surface area (Å²) in [4.78, 5) is 39.7. The number of carbonyl (C=O) groups excluding carboxylic acids is 3. The van der Waals surface area contributed by atoms with Crippen LogP contribution in [0.25, 0.3) is 0 Å². The van der Waals surface area contributed by atoms with E-state index in [1.54, 1.807) is 6.07 Å². The van der Waals surface area contributed by atoms with E-state index in [0.717, 1.165) is 34.4 Å². The van der Waals surface area contributed by atoms with Crippen molar-refractivity contribution in [1.29, 1.82) is 0 Å². The van der Waals surface area contributed by atoms with E-state index in [-0.39, 0.29) is 25.3 Å². The van der Waals surface area contributed by atoms with Crippen LogP contribution in [0.5, 0.6) is 11.5 Å². The Hall–Kier alpha value is -3.55. The molecule has 2 aliphatic heterocycles. The van der Waals surface area contributed by atoms with Gasteiger partial charge < -0.3 is 20.1 Å².